The smallest absolute Gasteiger partial charge is 0.170 e. The molecule has 3 aromatic rings. The Kier molecular flexibility index (Phi) is 6.07. The minimum atomic E-state index is 0.275. The van der Waals surface area contributed by atoms with Crippen LogP contribution >= 0.6 is 23.2 Å². The highest BCUT2D eigenvalue weighted by molar-refractivity contribution is 6.32. The van der Waals surface area contributed by atoms with E-state index in [1.807, 2.05) is 28.9 Å². The molecule has 1 aromatic heterocycles. The number of halogens is 2. The molecule has 1 heterocycles. The lowest BCUT2D eigenvalue weighted by Gasteiger charge is -2.19. The highest BCUT2D eigenvalue weighted by Crippen LogP contribution is 2.37. The summed E-state index contributed by atoms with van der Waals surface area (Å²) in [5.74, 6) is 0.275. The van der Waals surface area contributed by atoms with Crippen LogP contribution in [0, 0.1) is 0 Å². The van der Waals surface area contributed by atoms with E-state index in [1.54, 1.807) is 0 Å². The van der Waals surface area contributed by atoms with Crippen molar-refractivity contribution in [3.05, 3.63) is 80.6 Å². The zero-order valence-corrected chi connectivity index (χ0v) is 18.0. The second-order valence-electron chi connectivity index (χ2n) is 7.69. The number of fused-ring (bicyclic) bond motifs is 1. The number of benzene rings is 2. The van der Waals surface area contributed by atoms with Crippen molar-refractivity contribution in [3.63, 3.8) is 0 Å². The van der Waals surface area contributed by atoms with E-state index < -0.39 is 0 Å². The van der Waals surface area contributed by atoms with Gasteiger partial charge in [0.1, 0.15) is 5.69 Å². The molecule has 0 saturated carbocycles. The van der Waals surface area contributed by atoms with Gasteiger partial charge < -0.3 is 0 Å². The molecule has 29 heavy (non-hydrogen) atoms. The van der Waals surface area contributed by atoms with Gasteiger partial charge >= 0.3 is 0 Å². The zero-order valence-electron chi connectivity index (χ0n) is 16.5. The van der Waals surface area contributed by atoms with Crippen LogP contribution in [0.25, 0.3) is 5.69 Å². The fraction of sp³-hybridized carbons (Fsp3) is 0.333. The van der Waals surface area contributed by atoms with Crippen molar-refractivity contribution >= 4 is 29.5 Å². The van der Waals surface area contributed by atoms with Crippen molar-refractivity contribution in [1.29, 1.82) is 0 Å². The van der Waals surface area contributed by atoms with Crippen LogP contribution in [-0.2, 0) is 19.3 Å². The second-order valence-corrected chi connectivity index (χ2v) is 8.53. The maximum Gasteiger partial charge on any atom is 0.170 e. The van der Waals surface area contributed by atoms with Gasteiger partial charge in [0.05, 0.1) is 16.4 Å². The minimum absolute atomic E-state index is 0.275. The molecule has 3 nitrogen and oxygen atoms in total. The monoisotopic (exact) mass is 426 g/mol. The van der Waals surface area contributed by atoms with E-state index in [0.29, 0.717) is 10.7 Å². The summed E-state index contributed by atoms with van der Waals surface area (Å²) in [6.07, 6.45) is 6.84. The van der Waals surface area contributed by atoms with Crippen molar-refractivity contribution in [2.75, 3.05) is 0 Å². The van der Waals surface area contributed by atoms with E-state index in [2.05, 4.69) is 30.2 Å². The van der Waals surface area contributed by atoms with Gasteiger partial charge in [-0.25, -0.2) is 4.68 Å². The topological polar surface area (TPSA) is 34.9 Å². The fourth-order valence-electron chi connectivity index (χ4n) is 4.31. The number of aryl methyl sites for hydroxylation is 1. The molecule has 4 rings (SSSR count). The highest BCUT2D eigenvalue weighted by atomic mass is 35.5. The van der Waals surface area contributed by atoms with Gasteiger partial charge in [-0.2, -0.15) is 5.10 Å². The molecule has 0 bridgehead atoms. The molecule has 1 atom stereocenters. The fourth-order valence-corrected chi connectivity index (χ4v) is 4.72. The molecule has 1 unspecified atom stereocenters. The summed E-state index contributed by atoms with van der Waals surface area (Å²) in [5.41, 5.74) is 6.01. The van der Waals surface area contributed by atoms with Gasteiger partial charge in [0.2, 0.25) is 0 Å². The van der Waals surface area contributed by atoms with Gasteiger partial charge in [-0.3, -0.25) is 4.79 Å². The summed E-state index contributed by atoms with van der Waals surface area (Å²) in [6.45, 7) is 2.11. The molecule has 0 aliphatic heterocycles. The Morgan fingerprint density at radius 1 is 1.10 bits per heavy atom. The first-order chi connectivity index (χ1) is 14.1. The highest BCUT2D eigenvalue weighted by Gasteiger charge is 2.28. The lowest BCUT2D eigenvalue weighted by Crippen LogP contribution is -2.11. The molecule has 0 N–H and O–H groups in total. The number of hydrogen-bond donors (Lipinski definition) is 0. The third kappa shape index (κ3) is 4.12. The Bertz CT molecular complexity index is 1020. The number of carbonyl (C=O) groups is 1. The summed E-state index contributed by atoms with van der Waals surface area (Å²) in [7, 11) is 0. The van der Waals surface area contributed by atoms with E-state index in [-0.39, 0.29) is 5.92 Å². The molecule has 0 fully saturated rings. The largest absolute Gasteiger partial charge is 0.296 e. The van der Waals surface area contributed by atoms with E-state index in [4.69, 9.17) is 23.2 Å². The third-order valence-electron chi connectivity index (χ3n) is 5.83. The van der Waals surface area contributed by atoms with Crippen LogP contribution in [0.5, 0.6) is 0 Å². The number of nitrogens with zero attached hydrogens (tertiary/aromatic N) is 2. The van der Waals surface area contributed by atoms with E-state index in [1.165, 1.54) is 11.1 Å². The molecule has 0 amide bonds. The van der Waals surface area contributed by atoms with Gasteiger partial charge in [0.25, 0.3) is 0 Å². The molecule has 0 spiro atoms. The Morgan fingerprint density at radius 3 is 2.55 bits per heavy atom. The predicted octanol–water partition coefficient (Wildman–Crippen LogP) is 6.61. The van der Waals surface area contributed by atoms with E-state index in [0.717, 1.165) is 66.8 Å². The summed E-state index contributed by atoms with van der Waals surface area (Å²) in [6, 6.07) is 14.1. The SMILES string of the molecule is CCc1ccc(-n2nc(C=O)c3c2C(Cc2ccc(Cl)cc2)CCCC3)c(Cl)c1. The standard InChI is InChI=1S/C24H24Cl2N2O/c1-2-16-9-12-23(21(26)14-16)28-24-18(13-17-7-10-19(25)11-8-17)5-3-4-6-20(24)22(15-29)27-28/h7-12,14-15,18H,2-6,13H2,1H3. The number of rotatable bonds is 5. The van der Waals surface area contributed by atoms with Crippen LogP contribution in [-0.4, -0.2) is 16.1 Å². The molecule has 1 aliphatic carbocycles. The maximum atomic E-state index is 11.8. The van der Waals surface area contributed by atoms with Gasteiger partial charge in [-0.15, -0.1) is 0 Å². The third-order valence-corrected chi connectivity index (χ3v) is 6.38. The number of hydrogen-bond acceptors (Lipinski definition) is 2. The average molecular weight is 427 g/mol. The van der Waals surface area contributed by atoms with Gasteiger partial charge in [-0.05, 0) is 67.5 Å². The first-order valence-corrected chi connectivity index (χ1v) is 11.0. The summed E-state index contributed by atoms with van der Waals surface area (Å²) >= 11 is 12.7. The lowest BCUT2D eigenvalue weighted by atomic mass is 9.91. The number of carbonyl (C=O) groups excluding carboxylic acids is 1. The number of aldehydes is 1. The average Bonchev–Trinajstić information content (AvgIpc) is 2.97. The summed E-state index contributed by atoms with van der Waals surface area (Å²) in [5, 5.41) is 6.10. The first kappa shape index (κ1) is 20.2. The van der Waals surface area contributed by atoms with Gasteiger partial charge in [-0.1, -0.05) is 54.7 Å². The van der Waals surface area contributed by atoms with Crippen molar-refractivity contribution < 1.29 is 4.79 Å². The van der Waals surface area contributed by atoms with Crippen LogP contribution in [0.15, 0.2) is 42.5 Å². The summed E-state index contributed by atoms with van der Waals surface area (Å²) in [4.78, 5) is 11.8. The predicted molar refractivity (Wildman–Crippen MR) is 119 cm³/mol. The summed E-state index contributed by atoms with van der Waals surface area (Å²) < 4.78 is 1.92. The van der Waals surface area contributed by atoms with Crippen LogP contribution in [0.2, 0.25) is 10.0 Å². The molecule has 2 aromatic carbocycles. The van der Waals surface area contributed by atoms with Crippen molar-refractivity contribution in [2.24, 2.45) is 0 Å². The molecule has 0 saturated heterocycles. The lowest BCUT2D eigenvalue weighted by molar-refractivity contribution is 0.111. The van der Waals surface area contributed by atoms with E-state index >= 15 is 0 Å². The van der Waals surface area contributed by atoms with Crippen molar-refractivity contribution in [2.45, 2.75) is 51.4 Å². The van der Waals surface area contributed by atoms with Crippen LogP contribution < -0.4 is 0 Å². The van der Waals surface area contributed by atoms with Crippen LogP contribution in [0.4, 0.5) is 0 Å². The van der Waals surface area contributed by atoms with Gasteiger partial charge in [0, 0.05) is 16.5 Å². The molecule has 0 radical (unpaired) electrons. The molecule has 150 valence electrons. The van der Waals surface area contributed by atoms with Crippen molar-refractivity contribution in [3.8, 4) is 5.69 Å². The van der Waals surface area contributed by atoms with Gasteiger partial charge in [0.15, 0.2) is 6.29 Å². The molecule has 1 aliphatic rings. The first-order valence-electron chi connectivity index (χ1n) is 10.2. The Labute approximate surface area is 181 Å². The normalized spacial score (nSPS) is 16.3. The minimum Gasteiger partial charge on any atom is -0.296 e. The molecular formula is C24H24Cl2N2O. The Hall–Kier alpha value is -2.10. The number of aromatic nitrogens is 2. The van der Waals surface area contributed by atoms with Crippen molar-refractivity contribution in [1.82, 2.24) is 9.78 Å². The van der Waals surface area contributed by atoms with Crippen LogP contribution in [0.3, 0.4) is 0 Å². The Morgan fingerprint density at radius 2 is 1.86 bits per heavy atom. The Balaban J connectivity index is 1.82. The quantitative estimate of drug-likeness (QED) is 0.339. The maximum absolute atomic E-state index is 11.8. The molecule has 5 heteroatoms. The van der Waals surface area contributed by atoms with Crippen LogP contribution in [0.1, 0.15) is 65.0 Å². The zero-order chi connectivity index (χ0) is 20.4. The second kappa shape index (κ2) is 8.73. The van der Waals surface area contributed by atoms with E-state index in [9.17, 15) is 4.79 Å². The molecular weight excluding hydrogens is 403 g/mol.